The van der Waals surface area contributed by atoms with Gasteiger partial charge in [-0.05, 0) is 47.6 Å². The highest BCUT2D eigenvalue weighted by Crippen LogP contribution is 2.23. The van der Waals surface area contributed by atoms with Gasteiger partial charge in [-0.1, -0.05) is 150 Å². The summed E-state index contributed by atoms with van der Waals surface area (Å²) in [5.74, 6) is 1.66. The molecule has 1 unspecified atom stereocenters. The van der Waals surface area contributed by atoms with Crippen molar-refractivity contribution in [3.05, 3.63) is 0 Å². The van der Waals surface area contributed by atoms with Gasteiger partial charge in [0.2, 0.25) is 17.7 Å². The molecule has 61 heavy (non-hydrogen) atoms. The van der Waals surface area contributed by atoms with E-state index in [9.17, 15) is 19.2 Å². The van der Waals surface area contributed by atoms with E-state index in [2.05, 4.69) is 64.1 Å². The highest BCUT2D eigenvalue weighted by atomic mass is 32.2. The summed E-state index contributed by atoms with van der Waals surface area (Å²) in [6.07, 6.45) is 28.7. The largest absolute Gasteiger partial charge is 0.379 e. The van der Waals surface area contributed by atoms with Crippen molar-refractivity contribution in [3.63, 3.8) is 0 Å². The molecule has 0 radical (unpaired) electrons. The summed E-state index contributed by atoms with van der Waals surface area (Å²) < 4.78 is 12.4. The molecule has 362 valence electrons. The van der Waals surface area contributed by atoms with Gasteiger partial charge < -0.3 is 29.8 Å². The van der Waals surface area contributed by atoms with Crippen molar-refractivity contribution >= 4 is 35.8 Å². The summed E-state index contributed by atoms with van der Waals surface area (Å²) in [5.41, 5.74) is -0.661. The first-order chi connectivity index (χ1) is 29.3. The van der Waals surface area contributed by atoms with Gasteiger partial charge in [0.05, 0.1) is 12.7 Å². The van der Waals surface area contributed by atoms with Gasteiger partial charge in [0, 0.05) is 87.7 Å². The van der Waals surface area contributed by atoms with Gasteiger partial charge in [-0.15, -0.1) is 0 Å². The van der Waals surface area contributed by atoms with Gasteiger partial charge in [-0.2, -0.15) is 11.8 Å². The molecule has 2 N–H and O–H groups in total. The standard InChI is InChI=1S/C47H94N4O5S.C3H6O/c1-10-14-16-18-20-22-24-26-28-30-34-55-39-42(56-35-31-29-27-25-23-21-19-17-15-11-2)38-48-44(53)32-36-57-37-33-51(45(54)13-4)47(7,8)41-50(9)46(5,6)40-49-43(52)12-3;1-2-3-4/h42H,10-41H2,1-9H3,(H,48,53)(H,49,52);3H,2H2,1H3. The summed E-state index contributed by atoms with van der Waals surface area (Å²) in [6.45, 7) is 22.9. The zero-order chi connectivity index (χ0) is 46.0. The number of thioether (sulfide) groups is 1. The fourth-order valence-electron chi connectivity index (χ4n) is 7.06. The quantitative estimate of drug-likeness (QED) is 0.0460. The molecule has 0 heterocycles. The number of hydrogen-bond acceptors (Lipinski definition) is 8. The SMILES string of the molecule is CCC=O.CCCCCCCCCCCCOCC(CNC(=O)CCSCCN(C(=O)CC)C(C)(C)CN(C)C(C)(C)CNC(=O)CC)OCCCCCCCCCCCC. The van der Waals surface area contributed by atoms with Crippen molar-refractivity contribution in [2.24, 2.45) is 0 Å². The lowest BCUT2D eigenvalue weighted by Gasteiger charge is -2.45. The molecule has 0 aliphatic heterocycles. The molecule has 1 atom stereocenters. The van der Waals surface area contributed by atoms with Crippen LogP contribution in [0.3, 0.4) is 0 Å². The third kappa shape index (κ3) is 37.4. The van der Waals surface area contributed by atoms with E-state index in [0.717, 1.165) is 31.5 Å². The lowest BCUT2D eigenvalue weighted by atomic mass is 9.96. The van der Waals surface area contributed by atoms with Crippen LogP contribution in [0.2, 0.25) is 0 Å². The molecular weight excluding hydrogens is 785 g/mol. The summed E-state index contributed by atoms with van der Waals surface area (Å²) in [7, 11) is 2.06. The number of amides is 3. The van der Waals surface area contributed by atoms with E-state index in [1.165, 1.54) is 116 Å². The van der Waals surface area contributed by atoms with Crippen LogP contribution >= 0.6 is 11.8 Å². The van der Waals surface area contributed by atoms with E-state index in [1.807, 2.05) is 25.7 Å². The van der Waals surface area contributed by atoms with Crippen molar-refractivity contribution in [1.29, 1.82) is 0 Å². The summed E-state index contributed by atoms with van der Waals surface area (Å²) in [6, 6.07) is 0. The highest BCUT2D eigenvalue weighted by Gasteiger charge is 2.35. The second-order valence-electron chi connectivity index (χ2n) is 18.2. The topological polar surface area (TPSA) is 117 Å². The second kappa shape index (κ2) is 42.3. The van der Waals surface area contributed by atoms with Crippen molar-refractivity contribution in [2.75, 3.05) is 64.6 Å². The Labute approximate surface area is 381 Å². The number of rotatable bonds is 42. The molecule has 0 rings (SSSR count). The Bertz CT molecular complexity index is 1050. The van der Waals surface area contributed by atoms with Gasteiger partial charge in [0.15, 0.2) is 0 Å². The van der Waals surface area contributed by atoms with Gasteiger partial charge in [0.25, 0.3) is 0 Å². The third-order valence-corrected chi connectivity index (χ3v) is 12.4. The molecule has 0 aliphatic carbocycles. The van der Waals surface area contributed by atoms with Crippen LogP contribution in [0.4, 0.5) is 0 Å². The monoisotopic (exact) mass is 885 g/mol. The van der Waals surface area contributed by atoms with Crippen molar-refractivity contribution in [1.82, 2.24) is 20.4 Å². The second-order valence-corrected chi connectivity index (χ2v) is 19.4. The fourth-order valence-corrected chi connectivity index (χ4v) is 7.91. The molecule has 0 fully saturated rings. The van der Waals surface area contributed by atoms with Crippen molar-refractivity contribution in [3.8, 4) is 0 Å². The maximum absolute atomic E-state index is 13.1. The first-order valence-corrected chi connectivity index (χ1v) is 26.2. The Kier molecular flexibility index (Phi) is 42.5. The average molecular weight is 885 g/mol. The number of carbonyl (C=O) groups excluding carboxylic acids is 4. The minimum absolute atomic E-state index is 0.0329. The Morgan fingerprint density at radius 3 is 1.61 bits per heavy atom. The molecule has 11 heteroatoms. The predicted molar refractivity (Wildman–Crippen MR) is 262 cm³/mol. The molecule has 0 aliphatic rings. The zero-order valence-corrected chi connectivity index (χ0v) is 42.6. The zero-order valence-electron chi connectivity index (χ0n) is 41.7. The van der Waals surface area contributed by atoms with Crippen LogP contribution < -0.4 is 10.6 Å². The molecule has 0 aromatic rings. The summed E-state index contributed by atoms with van der Waals surface area (Å²) >= 11 is 1.71. The van der Waals surface area contributed by atoms with Gasteiger partial charge in [0.1, 0.15) is 6.29 Å². The summed E-state index contributed by atoms with van der Waals surface area (Å²) in [4.78, 5) is 51.3. The van der Waals surface area contributed by atoms with Gasteiger partial charge in [-0.25, -0.2) is 0 Å². The minimum Gasteiger partial charge on any atom is -0.379 e. The smallest absolute Gasteiger partial charge is 0.222 e. The van der Waals surface area contributed by atoms with Crippen LogP contribution in [0.15, 0.2) is 0 Å². The molecule has 0 saturated heterocycles. The van der Waals surface area contributed by atoms with Crippen molar-refractivity contribution in [2.45, 2.75) is 234 Å². The van der Waals surface area contributed by atoms with E-state index in [-0.39, 0.29) is 29.4 Å². The molecule has 0 spiro atoms. The number of ether oxygens (including phenoxy) is 2. The highest BCUT2D eigenvalue weighted by molar-refractivity contribution is 7.99. The van der Waals surface area contributed by atoms with Crippen LogP contribution in [0.25, 0.3) is 0 Å². The van der Waals surface area contributed by atoms with Crippen LogP contribution in [0.5, 0.6) is 0 Å². The Morgan fingerprint density at radius 2 is 1.13 bits per heavy atom. The van der Waals surface area contributed by atoms with Crippen molar-refractivity contribution < 1.29 is 28.7 Å². The lowest BCUT2D eigenvalue weighted by Crippen LogP contribution is -2.59. The maximum Gasteiger partial charge on any atom is 0.222 e. The number of aldehydes is 1. The normalized spacial score (nSPS) is 12.2. The maximum atomic E-state index is 13.1. The fraction of sp³-hybridized carbons (Fsp3) is 0.920. The number of carbonyl (C=O) groups is 4. The Morgan fingerprint density at radius 1 is 0.639 bits per heavy atom. The average Bonchev–Trinajstić information content (AvgIpc) is 3.24. The first kappa shape index (κ1) is 61.4. The van der Waals surface area contributed by atoms with E-state index in [1.54, 1.807) is 11.8 Å². The molecule has 0 aromatic heterocycles. The summed E-state index contributed by atoms with van der Waals surface area (Å²) in [5, 5.41) is 6.13. The Hall–Kier alpha value is -1.69. The Balaban J connectivity index is 0. The van der Waals surface area contributed by atoms with Gasteiger partial charge >= 0.3 is 0 Å². The number of hydrogen-bond donors (Lipinski definition) is 2. The molecular formula is C50H100N4O6S. The third-order valence-electron chi connectivity index (χ3n) is 11.5. The van der Waals surface area contributed by atoms with Crippen LogP contribution in [0.1, 0.15) is 216 Å². The molecule has 10 nitrogen and oxygen atoms in total. The number of nitrogens with one attached hydrogen (secondary N) is 2. The van der Waals surface area contributed by atoms with E-state index < -0.39 is 5.54 Å². The molecule has 0 aromatic carbocycles. The van der Waals surface area contributed by atoms with Gasteiger partial charge in [-0.3, -0.25) is 19.3 Å². The number of unbranched alkanes of at least 4 members (excludes halogenated alkanes) is 18. The molecule has 0 bridgehead atoms. The lowest BCUT2D eigenvalue weighted by molar-refractivity contribution is -0.137. The minimum atomic E-state index is -0.398. The van der Waals surface area contributed by atoms with E-state index in [4.69, 9.17) is 9.47 Å². The number of likely N-dealkylation sites (N-methyl/N-ethyl adjacent to an activating group) is 1. The molecule has 3 amide bonds. The number of nitrogens with zero attached hydrogens (tertiary/aromatic N) is 2. The molecule has 0 saturated carbocycles. The van der Waals surface area contributed by atoms with Crippen LogP contribution in [-0.2, 0) is 28.7 Å². The first-order valence-electron chi connectivity index (χ1n) is 25.0. The van der Waals surface area contributed by atoms with E-state index >= 15 is 0 Å². The predicted octanol–water partition coefficient (Wildman–Crippen LogP) is 11.3. The van der Waals surface area contributed by atoms with E-state index in [0.29, 0.717) is 70.8 Å². The van der Waals surface area contributed by atoms with Crippen LogP contribution in [-0.4, -0.2) is 116 Å². The van der Waals surface area contributed by atoms with Crippen LogP contribution in [0, 0.1) is 0 Å².